The van der Waals surface area contributed by atoms with Gasteiger partial charge in [-0.2, -0.15) is 0 Å². The first kappa shape index (κ1) is 33.9. The van der Waals surface area contributed by atoms with Crippen molar-refractivity contribution in [3.05, 3.63) is 105 Å². The minimum Gasteiger partial charge on any atom is -0.462 e. The normalized spacial score (nSPS) is 22.9. The molecule has 0 aromatic heterocycles. The average Bonchev–Trinajstić information content (AvgIpc) is 3.81. The topological polar surface area (TPSA) is 52.6 Å². The quantitative estimate of drug-likeness (QED) is 0.147. The minimum absolute atomic E-state index is 0.138. The number of thioether (sulfide) groups is 2. The van der Waals surface area contributed by atoms with Crippen LogP contribution in [0.2, 0.25) is 0 Å². The van der Waals surface area contributed by atoms with E-state index in [1.54, 1.807) is 0 Å². The molecule has 1 saturated carbocycles. The maximum absolute atomic E-state index is 12.6. The summed E-state index contributed by atoms with van der Waals surface area (Å²) in [5.41, 5.74) is 9.50. The summed E-state index contributed by atoms with van der Waals surface area (Å²) in [5, 5.41) is 0. The van der Waals surface area contributed by atoms with E-state index in [2.05, 4.69) is 64.1 Å². The Kier molecular flexibility index (Phi) is 10.6. The Morgan fingerprint density at radius 1 is 0.617 bits per heavy atom. The highest BCUT2D eigenvalue weighted by atomic mass is 32.2. The zero-order valence-electron chi connectivity index (χ0n) is 28.4. The summed E-state index contributed by atoms with van der Waals surface area (Å²) < 4.78 is 10.8. The molecule has 0 radical (unpaired) electrons. The van der Waals surface area contributed by atoms with Crippen LogP contribution in [0.15, 0.2) is 83.0 Å². The highest BCUT2D eigenvalue weighted by Crippen LogP contribution is 2.70. The van der Waals surface area contributed by atoms with E-state index in [1.165, 1.54) is 64.2 Å². The van der Waals surface area contributed by atoms with E-state index in [9.17, 15) is 9.59 Å². The van der Waals surface area contributed by atoms with Gasteiger partial charge in [0.05, 0.1) is 33.8 Å². The molecule has 0 saturated heterocycles. The number of esters is 2. The van der Waals surface area contributed by atoms with Crippen LogP contribution in [0.5, 0.6) is 0 Å². The third-order valence-corrected chi connectivity index (χ3v) is 13.6. The third kappa shape index (κ3) is 6.70. The predicted octanol–water partition coefficient (Wildman–Crippen LogP) is 11.3. The van der Waals surface area contributed by atoms with Crippen molar-refractivity contribution in [2.24, 2.45) is 0 Å². The van der Waals surface area contributed by atoms with Crippen LogP contribution in [0, 0.1) is 0 Å². The molecule has 2 atom stereocenters. The number of hydrogen-bond donors (Lipinski definition) is 0. The Labute approximate surface area is 289 Å². The van der Waals surface area contributed by atoms with Crippen molar-refractivity contribution >= 4 is 45.3 Å². The summed E-state index contributed by atoms with van der Waals surface area (Å²) in [4.78, 5) is 27.8. The molecule has 0 spiro atoms. The largest absolute Gasteiger partial charge is 0.462 e. The highest BCUT2D eigenvalue weighted by Gasteiger charge is 2.59. The van der Waals surface area contributed by atoms with Crippen LogP contribution in [0.3, 0.4) is 0 Å². The maximum atomic E-state index is 12.6. The van der Waals surface area contributed by atoms with E-state index in [4.69, 9.17) is 9.47 Å². The molecule has 4 aliphatic rings. The van der Waals surface area contributed by atoms with E-state index in [-0.39, 0.29) is 21.4 Å². The summed E-state index contributed by atoms with van der Waals surface area (Å²) in [5.74, 6) is -0.478. The Morgan fingerprint density at radius 3 is 1.40 bits per heavy atom. The van der Waals surface area contributed by atoms with Crippen molar-refractivity contribution in [2.45, 2.75) is 108 Å². The van der Waals surface area contributed by atoms with Gasteiger partial charge < -0.3 is 9.47 Å². The summed E-state index contributed by atoms with van der Waals surface area (Å²) in [6.45, 7) is 10.2. The van der Waals surface area contributed by atoms with Crippen LogP contribution in [-0.2, 0) is 9.47 Å². The SMILES string of the molecule is CCCCCCOC(=O)c1ccc(C2=CC3=C4CCCC4=C4C=C(c5ccc(C(=O)OCCCCCC)cc5)S[C@@]4(C)[C@]3(C)S2)cc1. The molecule has 47 heavy (non-hydrogen) atoms. The fraction of sp³-hybridized carbons (Fsp3) is 0.463. The summed E-state index contributed by atoms with van der Waals surface area (Å²) in [6, 6.07) is 16.0. The molecule has 248 valence electrons. The lowest BCUT2D eigenvalue weighted by Gasteiger charge is -2.47. The number of carbonyl (C=O) groups excluding carboxylic acids is 2. The van der Waals surface area contributed by atoms with Crippen molar-refractivity contribution in [3.8, 4) is 0 Å². The lowest BCUT2D eigenvalue weighted by atomic mass is 9.72. The molecule has 2 aromatic carbocycles. The molecule has 1 fully saturated rings. The minimum atomic E-state index is -0.239. The number of ether oxygens (including phenoxy) is 2. The van der Waals surface area contributed by atoms with Gasteiger partial charge in [-0.1, -0.05) is 76.6 Å². The van der Waals surface area contributed by atoms with Crippen LogP contribution in [0.4, 0.5) is 0 Å². The first-order chi connectivity index (χ1) is 22.8. The van der Waals surface area contributed by atoms with E-state index >= 15 is 0 Å². The molecule has 0 amide bonds. The number of allylic oxidation sites excluding steroid dienone is 4. The van der Waals surface area contributed by atoms with Crippen molar-refractivity contribution in [3.63, 3.8) is 0 Å². The molecule has 2 aliphatic carbocycles. The fourth-order valence-electron chi connectivity index (χ4n) is 7.32. The van der Waals surface area contributed by atoms with Gasteiger partial charge >= 0.3 is 11.9 Å². The molecule has 4 nitrogen and oxygen atoms in total. The average molecular weight is 669 g/mol. The summed E-state index contributed by atoms with van der Waals surface area (Å²) >= 11 is 3.93. The second-order valence-electron chi connectivity index (χ2n) is 13.5. The van der Waals surface area contributed by atoms with Crippen LogP contribution in [-0.4, -0.2) is 34.6 Å². The van der Waals surface area contributed by atoms with Crippen molar-refractivity contribution in [1.82, 2.24) is 0 Å². The molecule has 2 aromatic rings. The lowest BCUT2D eigenvalue weighted by molar-refractivity contribution is 0.0488. The molecule has 0 unspecified atom stereocenters. The van der Waals surface area contributed by atoms with E-state index in [0.717, 1.165) is 49.7 Å². The van der Waals surface area contributed by atoms with E-state index in [0.29, 0.717) is 24.3 Å². The van der Waals surface area contributed by atoms with Gasteiger partial charge in [0.15, 0.2) is 0 Å². The van der Waals surface area contributed by atoms with Gasteiger partial charge in [0.25, 0.3) is 0 Å². The van der Waals surface area contributed by atoms with Crippen molar-refractivity contribution < 1.29 is 19.1 Å². The molecular weight excluding hydrogens is 621 g/mol. The number of benzene rings is 2. The molecule has 0 N–H and O–H groups in total. The van der Waals surface area contributed by atoms with Crippen molar-refractivity contribution in [1.29, 1.82) is 0 Å². The molecule has 0 bridgehead atoms. The number of rotatable bonds is 14. The summed E-state index contributed by atoms with van der Waals surface area (Å²) in [6.07, 6.45) is 17.0. The Bertz CT molecular complexity index is 1510. The zero-order chi connectivity index (χ0) is 33.0. The molecular formula is C41H48O4S2. The zero-order valence-corrected chi connectivity index (χ0v) is 30.0. The molecule has 2 aliphatic heterocycles. The van der Waals surface area contributed by atoms with Gasteiger partial charge in [0.1, 0.15) is 0 Å². The van der Waals surface area contributed by atoms with Crippen LogP contribution in [0.25, 0.3) is 9.81 Å². The predicted molar refractivity (Wildman–Crippen MR) is 198 cm³/mol. The highest BCUT2D eigenvalue weighted by molar-refractivity contribution is 8.14. The first-order valence-electron chi connectivity index (χ1n) is 17.6. The standard InChI is InChI=1S/C41H48O4S2/c1-5-7-9-11-24-44-38(42)30-20-16-28(17-21-30)36-26-34-32-14-13-15-33(32)35-27-37(47-41(35,4)40(34,3)46-36)29-18-22-31(23-19-29)39(43)45-25-12-10-8-6-2/h16-23,26-27H,5-15,24-25H2,1-4H3/t40-,41-/m1/s1. The Morgan fingerprint density at radius 2 is 1.02 bits per heavy atom. The molecule has 6 heteroatoms. The van der Waals surface area contributed by atoms with Crippen LogP contribution < -0.4 is 0 Å². The van der Waals surface area contributed by atoms with Gasteiger partial charge in [-0.05, 0) is 116 Å². The van der Waals surface area contributed by atoms with E-state index in [1.807, 2.05) is 47.8 Å². The van der Waals surface area contributed by atoms with Gasteiger partial charge in [-0.15, -0.1) is 23.5 Å². The summed E-state index contributed by atoms with van der Waals surface area (Å²) in [7, 11) is 0. The van der Waals surface area contributed by atoms with Crippen LogP contribution in [0.1, 0.15) is 130 Å². The second kappa shape index (κ2) is 14.7. The Hall–Kier alpha value is -2.96. The molecule has 2 heterocycles. The number of unbranched alkanes of at least 4 members (excludes halogenated alkanes) is 6. The second-order valence-corrected chi connectivity index (χ2v) is 16.4. The smallest absolute Gasteiger partial charge is 0.338 e. The van der Waals surface area contributed by atoms with Gasteiger partial charge in [-0.3, -0.25) is 0 Å². The van der Waals surface area contributed by atoms with Gasteiger partial charge in [0.2, 0.25) is 0 Å². The third-order valence-electron chi connectivity index (χ3n) is 10.3. The van der Waals surface area contributed by atoms with Gasteiger partial charge in [-0.25, -0.2) is 9.59 Å². The van der Waals surface area contributed by atoms with E-state index < -0.39 is 0 Å². The number of hydrogen-bond acceptors (Lipinski definition) is 6. The van der Waals surface area contributed by atoms with Crippen LogP contribution >= 0.6 is 23.5 Å². The Balaban J connectivity index is 1.17. The van der Waals surface area contributed by atoms with Crippen molar-refractivity contribution in [2.75, 3.05) is 13.2 Å². The maximum Gasteiger partial charge on any atom is 0.338 e. The monoisotopic (exact) mass is 668 g/mol. The first-order valence-corrected chi connectivity index (χ1v) is 19.3. The number of carbonyl (C=O) groups is 2. The molecule has 6 rings (SSSR count). The lowest BCUT2D eigenvalue weighted by Crippen LogP contribution is -2.47. The fourth-order valence-corrected chi connectivity index (χ4v) is 10.5. The number of fused-ring (bicyclic) bond motifs is 4. The van der Waals surface area contributed by atoms with Gasteiger partial charge in [0, 0.05) is 9.81 Å².